The number of unbranched alkanes of at least 4 members (excludes halogenated alkanes) is 15. The molecule has 0 atom stereocenters. The van der Waals surface area contributed by atoms with Gasteiger partial charge in [-0.2, -0.15) is 0 Å². The van der Waals surface area contributed by atoms with E-state index in [1.54, 1.807) is 0 Å². The highest BCUT2D eigenvalue weighted by Gasteiger charge is 2.05. The Kier molecular flexibility index (Phi) is 16.2. The Bertz CT molecular complexity index is 590. The van der Waals surface area contributed by atoms with Crippen LogP contribution in [-0.4, -0.2) is 17.5 Å². The van der Waals surface area contributed by atoms with E-state index in [0.717, 1.165) is 12.8 Å². The first-order valence-corrected chi connectivity index (χ1v) is 12.4. The number of anilines is 1. The van der Waals surface area contributed by atoms with E-state index in [4.69, 9.17) is 0 Å². The van der Waals surface area contributed by atoms with Crippen LogP contribution >= 0.6 is 0 Å². The fourth-order valence-electron chi connectivity index (χ4n) is 3.72. The van der Waals surface area contributed by atoms with Crippen LogP contribution in [0.4, 0.5) is 16.2 Å². The average Bonchev–Trinajstić information content (AvgIpc) is 2.76. The highest BCUT2D eigenvalue weighted by Crippen LogP contribution is 2.15. The molecular formula is C25H43N3O3. The van der Waals surface area contributed by atoms with Crippen molar-refractivity contribution in [3.8, 4) is 0 Å². The molecule has 176 valence electrons. The first-order valence-electron chi connectivity index (χ1n) is 12.4. The van der Waals surface area contributed by atoms with Gasteiger partial charge >= 0.3 is 6.03 Å². The maximum absolute atomic E-state index is 11.8. The summed E-state index contributed by atoms with van der Waals surface area (Å²) in [5.41, 5.74) is 0.564. The summed E-state index contributed by atoms with van der Waals surface area (Å²) >= 11 is 0. The van der Waals surface area contributed by atoms with Gasteiger partial charge in [-0.25, -0.2) is 4.79 Å². The highest BCUT2D eigenvalue weighted by atomic mass is 16.6. The predicted molar refractivity (Wildman–Crippen MR) is 130 cm³/mol. The maximum atomic E-state index is 11.8. The van der Waals surface area contributed by atoms with E-state index in [9.17, 15) is 14.9 Å². The summed E-state index contributed by atoms with van der Waals surface area (Å²) in [5.74, 6) is 0. The van der Waals surface area contributed by atoms with Crippen molar-refractivity contribution in [2.75, 3.05) is 11.9 Å². The zero-order valence-corrected chi connectivity index (χ0v) is 19.5. The van der Waals surface area contributed by atoms with Crippen LogP contribution in [0.3, 0.4) is 0 Å². The Morgan fingerprint density at radius 3 is 1.58 bits per heavy atom. The second-order valence-electron chi connectivity index (χ2n) is 8.49. The molecule has 1 aromatic rings. The van der Waals surface area contributed by atoms with E-state index in [1.165, 1.54) is 114 Å². The number of amides is 2. The number of nitrogens with zero attached hydrogens (tertiary/aromatic N) is 1. The molecule has 0 bridgehead atoms. The molecule has 0 aliphatic rings. The molecule has 2 N–H and O–H groups in total. The molecule has 0 aliphatic heterocycles. The van der Waals surface area contributed by atoms with Crippen molar-refractivity contribution < 1.29 is 9.72 Å². The smallest absolute Gasteiger partial charge is 0.319 e. The van der Waals surface area contributed by atoms with Crippen LogP contribution in [0.2, 0.25) is 0 Å². The van der Waals surface area contributed by atoms with Crippen molar-refractivity contribution in [1.82, 2.24) is 5.32 Å². The summed E-state index contributed by atoms with van der Waals surface area (Å²) < 4.78 is 0. The van der Waals surface area contributed by atoms with Gasteiger partial charge in [-0.1, -0.05) is 103 Å². The summed E-state index contributed by atoms with van der Waals surface area (Å²) in [5, 5.41) is 16.1. The van der Waals surface area contributed by atoms with Crippen LogP contribution in [0, 0.1) is 10.1 Å². The van der Waals surface area contributed by atoms with Crippen LogP contribution in [0.5, 0.6) is 0 Å². The molecule has 2 amide bonds. The first-order chi connectivity index (χ1) is 15.1. The van der Waals surface area contributed by atoms with Gasteiger partial charge in [0.2, 0.25) is 0 Å². The number of hydrogen-bond donors (Lipinski definition) is 2. The molecule has 31 heavy (non-hydrogen) atoms. The van der Waals surface area contributed by atoms with Crippen molar-refractivity contribution in [3.63, 3.8) is 0 Å². The number of carbonyl (C=O) groups is 1. The van der Waals surface area contributed by atoms with Crippen molar-refractivity contribution in [2.24, 2.45) is 0 Å². The number of urea groups is 1. The third kappa shape index (κ3) is 15.4. The minimum Gasteiger partial charge on any atom is -0.338 e. The van der Waals surface area contributed by atoms with Gasteiger partial charge in [0, 0.05) is 24.4 Å². The SMILES string of the molecule is CCCCCCCCCCCCCCCCCCNC(=O)Nc1ccc([N+](=O)[O-])cc1. The van der Waals surface area contributed by atoms with Gasteiger partial charge in [0.15, 0.2) is 0 Å². The molecule has 0 saturated heterocycles. The maximum Gasteiger partial charge on any atom is 0.319 e. The number of carbonyl (C=O) groups excluding carboxylic acids is 1. The number of non-ortho nitro benzene ring substituents is 1. The van der Waals surface area contributed by atoms with Gasteiger partial charge in [0.1, 0.15) is 0 Å². The highest BCUT2D eigenvalue weighted by molar-refractivity contribution is 5.89. The van der Waals surface area contributed by atoms with Crippen LogP contribution < -0.4 is 10.6 Å². The number of rotatable bonds is 19. The number of nitro benzene ring substituents is 1. The third-order valence-corrected chi connectivity index (χ3v) is 5.65. The fourth-order valence-corrected chi connectivity index (χ4v) is 3.72. The summed E-state index contributed by atoms with van der Waals surface area (Å²) in [4.78, 5) is 22.0. The topological polar surface area (TPSA) is 84.3 Å². The summed E-state index contributed by atoms with van der Waals surface area (Å²) in [6, 6.07) is 5.56. The Balaban J connectivity index is 1.84. The van der Waals surface area contributed by atoms with E-state index in [0.29, 0.717) is 12.2 Å². The number of nitrogens with one attached hydrogen (secondary N) is 2. The first kappa shape index (κ1) is 26.9. The lowest BCUT2D eigenvalue weighted by Crippen LogP contribution is -2.29. The van der Waals surface area contributed by atoms with Crippen LogP contribution in [0.25, 0.3) is 0 Å². The van der Waals surface area contributed by atoms with Crippen LogP contribution in [0.15, 0.2) is 24.3 Å². The van der Waals surface area contributed by atoms with Gasteiger partial charge in [0.05, 0.1) is 4.92 Å². The molecule has 0 fully saturated rings. The molecule has 0 aliphatic carbocycles. The molecule has 1 rings (SSSR count). The van der Waals surface area contributed by atoms with E-state index >= 15 is 0 Å². The molecule has 1 aromatic carbocycles. The van der Waals surface area contributed by atoms with Crippen LogP contribution in [0.1, 0.15) is 110 Å². The standard InChI is InChI=1S/C25H43N3O3/c1-2-3-4-5-6-7-8-9-10-11-12-13-14-15-16-17-22-26-25(29)27-23-18-20-24(21-19-23)28(30)31/h18-21H,2-17,22H2,1H3,(H2,26,27,29). The van der Waals surface area contributed by atoms with E-state index < -0.39 is 4.92 Å². The van der Waals surface area contributed by atoms with E-state index in [2.05, 4.69) is 17.6 Å². The van der Waals surface area contributed by atoms with Crippen molar-refractivity contribution in [1.29, 1.82) is 0 Å². The summed E-state index contributed by atoms with van der Waals surface area (Å²) in [6.45, 7) is 2.92. The lowest BCUT2D eigenvalue weighted by Gasteiger charge is -2.07. The van der Waals surface area contributed by atoms with Crippen LogP contribution in [-0.2, 0) is 0 Å². The number of nitro groups is 1. The van der Waals surface area contributed by atoms with Crippen molar-refractivity contribution in [2.45, 2.75) is 110 Å². The van der Waals surface area contributed by atoms with Crippen molar-refractivity contribution in [3.05, 3.63) is 34.4 Å². The quantitative estimate of drug-likeness (QED) is 0.132. The Labute approximate surface area is 188 Å². The Morgan fingerprint density at radius 1 is 0.742 bits per heavy atom. The zero-order chi connectivity index (χ0) is 22.6. The van der Waals surface area contributed by atoms with Gasteiger partial charge in [-0.3, -0.25) is 10.1 Å². The Hall–Kier alpha value is -2.11. The van der Waals surface area contributed by atoms with Gasteiger partial charge in [0.25, 0.3) is 5.69 Å². The van der Waals surface area contributed by atoms with Crippen molar-refractivity contribution >= 4 is 17.4 Å². The monoisotopic (exact) mass is 433 g/mol. The number of hydrogen-bond acceptors (Lipinski definition) is 3. The lowest BCUT2D eigenvalue weighted by atomic mass is 10.0. The van der Waals surface area contributed by atoms with E-state index in [-0.39, 0.29) is 11.7 Å². The second kappa shape index (κ2) is 18.6. The minimum absolute atomic E-state index is 0.0131. The molecule has 0 saturated carbocycles. The van der Waals surface area contributed by atoms with E-state index in [1.807, 2.05) is 0 Å². The molecule has 0 heterocycles. The fraction of sp³-hybridized carbons (Fsp3) is 0.720. The minimum atomic E-state index is -0.457. The predicted octanol–water partition coefficient (Wildman–Crippen LogP) is 7.98. The molecule has 0 radical (unpaired) electrons. The molecular weight excluding hydrogens is 390 g/mol. The zero-order valence-electron chi connectivity index (χ0n) is 19.5. The second-order valence-corrected chi connectivity index (χ2v) is 8.49. The number of benzene rings is 1. The molecule has 0 aromatic heterocycles. The van der Waals surface area contributed by atoms with Gasteiger partial charge < -0.3 is 10.6 Å². The molecule has 0 unspecified atom stereocenters. The largest absolute Gasteiger partial charge is 0.338 e. The molecule has 6 heteroatoms. The van der Waals surface area contributed by atoms with Gasteiger partial charge in [-0.15, -0.1) is 0 Å². The van der Waals surface area contributed by atoms with Gasteiger partial charge in [-0.05, 0) is 18.6 Å². The molecule has 0 spiro atoms. The third-order valence-electron chi connectivity index (χ3n) is 5.65. The molecule has 6 nitrogen and oxygen atoms in total. The normalized spacial score (nSPS) is 10.7. The Morgan fingerprint density at radius 2 is 1.16 bits per heavy atom. The summed E-state index contributed by atoms with van der Waals surface area (Å²) in [7, 11) is 0. The average molecular weight is 434 g/mol. The summed E-state index contributed by atoms with van der Waals surface area (Å²) in [6.07, 6.45) is 21.3. The lowest BCUT2D eigenvalue weighted by molar-refractivity contribution is -0.384.